The summed E-state index contributed by atoms with van der Waals surface area (Å²) in [5.41, 5.74) is 0.709. The SMILES string of the molecule is CN(C)CCCCNC(=O)c1ccc(Br)cc1. The molecule has 0 aliphatic carbocycles. The van der Waals surface area contributed by atoms with E-state index >= 15 is 0 Å². The zero-order valence-electron chi connectivity index (χ0n) is 10.4. The van der Waals surface area contributed by atoms with Crippen molar-refractivity contribution in [2.24, 2.45) is 0 Å². The Morgan fingerprint density at radius 2 is 1.88 bits per heavy atom. The number of rotatable bonds is 6. The molecule has 1 amide bonds. The second-order valence-electron chi connectivity index (χ2n) is 4.27. The average molecular weight is 299 g/mol. The Kier molecular flexibility index (Phi) is 6.22. The second kappa shape index (κ2) is 7.45. The molecular weight excluding hydrogens is 280 g/mol. The first-order valence-electron chi connectivity index (χ1n) is 5.78. The van der Waals surface area contributed by atoms with Gasteiger partial charge in [0.1, 0.15) is 0 Å². The van der Waals surface area contributed by atoms with E-state index in [9.17, 15) is 4.79 Å². The lowest BCUT2D eigenvalue weighted by atomic mass is 10.2. The maximum absolute atomic E-state index is 11.7. The molecule has 0 fully saturated rings. The van der Waals surface area contributed by atoms with Gasteiger partial charge in [0.15, 0.2) is 0 Å². The Bertz CT molecular complexity index is 349. The molecule has 0 bridgehead atoms. The molecule has 17 heavy (non-hydrogen) atoms. The van der Waals surface area contributed by atoms with Crippen molar-refractivity contribution >= 4 is 21.8 Å². The summed E-state index contributed by atoms with van der Waals surface area (Å²) in [4.78, 5) is 13.9. The van der Waals surface area contributed by atoms with Gasteiger partial charge in [-0.1, -0.05) is 15.9 Å². The molecule has 0 atom stereocenters. The van der Waals surface area contributed by atoms with Gasteiger partial charge in [0.2, 0.25) is 0 Å². The molecule has 0 saturated carbocycles. The third-order valence-electron chi connectivity index (χ3n) is 2.42. The molecule has 1 rings (SSSR count). The number of nitrogens with one attached hydrogen (secondary N) is 1. The number of hydrogen-bond acceptors (Lipinski definition) is 2. The molecular formula is C13H19BrN2O. The van der Waals surface area contributed by atoms with E-state index in [2.05, 4.69) is 40.2 Å². The van der Waals surface area contributed by atoms with Gasteiger partial charge >= 0.3 is 0 Å². The summed E-state index contributed by atoms with van der Waals surface area (Å²) in [6.07, 6.45) is 2.12. The van der Waals surface area contributed by atoms with Crippen LogP contribution in [0.4, 0.5) is 0 Å². The Labute approximate surface area is 111 Å². The van der Waals surface area contributed by atoms with Crippen LogP contribution < -0.4 is 5.32 Å². The first-order chi connectivity index (χ1) is 8.09. The molecule has 94 valence electrons. The zero-order chi connectivity index (χ0) is 12.7. The highest BCUT2D eigenvalue weighted by molar-refractivity contribution is 9.10. The van der Waals surface area contributed by atoms with Gasteiger partial charge in [-0.05, 0) is 57.7 Å². The third-order valence-corrected chi connectivity index (χ3v) is 2.95. The molecule has 1 aromatic carbocycles. The van der Waals surface area contributed by atoms with Crippen molar-refractivity contribution < 1.29 is 4.79 Å². The van der Waals surface area contributed by atoms with Crippen molar-refractivity contribution in [2.45, 2.75) is 12.8 Å². The Hall–Kier alpha value is -0.870. The molecule has 4 heteroatoms. The molecule has 0 unspecified atom stereocenters. The Balaban J connectivity index is 2.23. The number of carbonyl (C=O) groups is 1. The van der Waals surface area contributed by atoms with E-state index in [-0.39, 0.29) is 5.91 Å². The van der Waals surface area contributed by atoms with Crippen LogP contribution in [0.25, 0.3) is 0 Å². The van der Waals surface area contributed by atoms with E-state index in [0.717, 1.165) is 30.4 Å². The van der Waals surface area contributed by atoms with Gasteiger partial charge in [0.05, 0.1) is 0 Å². The van der Waals surface area contributed by atoms with Gasteiger partial charge in [0, 0.05) is 16.6 Å². The van der Waals surface area contributed by atoms with Crippen molar-refractivity contribution in [3.63, 3.8) is 0 Å². The van der Waals surface area contributed by atoms with E-state index < -0.39 is 0 Å². The molecule has 0 radical (unpaired) electrons. The molecule has 1 aromatic rings. The van der Waals surface area contributed by atoms with E-state index in [1.54, 1.807) is 0 Å². The second-order valence-corrected chi connectivity index (χ2v) is 5.19. The van der Waals surface area contributed by atoms with Crippen molar-refractivity contribution in [3.05, 3.63) is 34.3 Å². The lowest BCUT2D eigenvalue weighted by molar-refractivity contribution is 0.0953. The van der Waals surface area contributed by atoms with Crippen LogP contribution in [-0.2, 0) is 0 Å². The van der Waals surface area contributed by atoms with E-state index in [1.807, 2.05) is 24.3 Å². The van der Waals surface area contributed by atoms with Gasteiger partial charge < -0.3 is 10.2 Å². The summed E-state index contributed by atoms with van der Waals surface area (Å²) in [6, 6.07) is 7.39. The highest BCUT2D eigenvalue weighted by Crippen LogP contribution is 2.10. The molecule has 0 heterocycles. The number of carbonyl (C=O) groups excluding carboxylic acids is 1. The summed E-state index contributed by atoms with van der Waals surface area (Å²) < 4.78 is 0.986. The van der Waals surface area contributed by atoms with Crippen LogP contribution in [0.15, 0.2) is 28.7 Å². The normalized spacial score (nSPS) is 10.6. The van der Waals surface area contributed by atoms with E-state index in [0.29, 0.717) is 5.56 Å². The summed E-state index contributed by atoms with van der Waals surface area (Å²) in [5, 5.41) is 2.92. The fourth-order valence-electron chi connectivity index (χ4n) is 1.46. The van der Waals surface area contributed by atoms with Gasteiger partial charge in [-0.25, -0.2) is 0 Å². The Morgan fingerprint density at radius 1 is 1.24 bits per heavy atom. The van der Waals surface area contributed by atoms with E-state index in [1.165, 1.54) is 0 Å². The van der Waals surface area contributed by atoms with Crippen LogP contribution in [0.3, 0.4) is 0 Å². The number of benzene rings is 1. The topological polar surface area (TPSA) is 32.3 Å². The average Bonchev–Trinajstić information content (AvgIpc) is 2.29. The smallest absolute Gasteiger partial charge is 0.251 e. The largest absolute Gasteiger partial charge is 0.352 e. The molecule has 0 aliphatic rings. The predicted octanol–water partition coefficient (Wildman–Crippen LogP) is 2.52. The monoisotopic (exact) mass is 298 g/mol. The maximum atomic E-state index is 11.7. The van der Waals surface area contributed by atoms with Crippen molar-refractivity contribution in [1.82, 2.24) is 10.2 Å². The van der Waals surface area contributed by atoms with Crippen LogP contribution in [-0.4, -0.2) is 38.0 Å². The summed E-state index contributed by atoms with van der Waals surface area (Å²) >= 11 is 3.34. The lowest BCUT2D eigenvalue weighted by Crippen LogP contribution is -2.25. The van der Waals surface area contributed by atoms with Crippen LogP contribution in [0.5, 0.6) is 0 Å². The van der Waals surface area contributed by atoms with Crippen LogP contribution in [0.1, 0.15) is 23.2 Å². The van der Waals surface area contributed by atoms with Gasteiger partial charge in [0.25, 0.3) is 5.91 Å². The summed E-state index contributed by atoms with van der Waals surface area (Å²) in [7, 11) is 4.11. The Morgan fingerprint density at radius 3 is 2.47 bits per heavy atom. The van der Waals surface area contributed by atoms with Crippen LogP contribution in [0, 0.1) is 0 Å². The van der Waals surface area contributed by atoms with Crippen molar-refractivity contribution in [2.75, 3.05) is 27.2 Å². The van der Waals surface area contributed by atoms with Crippen molar-refractivity contribution in [1.29, 1.82) is 0 Å². The quantitative estimate of drug-likeness (QED) is 0.819. The lowest BCUT2D eigenvalue weighted by Gasteiger charge is -2.09. The van der Waals surface area contributed by atoms with Crippen LogP contribution in [0.2, 0.25) is 0 Å². The number of amides is 1. The zero-order valence-corrected chi connectivity index (χ0v) is 12.0. The molecule has 0 spiro atoms. The number of nitrogens with zero attached hydrogens (tertiary/aromatic N) is 1. The predicted molar refractivity (Wildman–Crippen MR) is 74.3 cm³/mol. The minimum atomic E-state index is 0.00218. The molecule has 1 N–H and O–H groups in total. The highest BCUT2D eigenvalue weighted by atomic mass is 79.9. The fraction of sp³-hybridized carbons (Fsp3) is 0.462. The number of unbranched alkanes of at least 4 members (excludes halogenated alkanes) is 1. The first kappa shape index (κ1) is 14.2. The van der Waals surface area contributed by atoms with Crippen molar-refractivity contribution in [3.8, 4) is 0 Å². The van der Waals surface area contributed by atoms with Gasteiger partial charge in [-0.15, -0.1) is 0 Å². The summed E-state index contributed by atoms with van der Waals surface area (Å²) in [5.74, 6) is 0.00218. The van der Waals surface area contributed by atoms with Gasteiger partial charge in [-0.3, -0.25) is 4.79 Å². The molecule has 3 nitrogen and oxygen atoms in total. The minimum Gasteiger partial charge on any atom is -0.352 e. The van der Waals surface area contributed by atoms with Crippen LogP contribution >= 0.6 is 15.9 Å². The fourth-order valence-corrected chi connectivity index (χ4v) is 1.72. The van der Waals surface area contributed by atoms with E-state index in [4.69, 9.17) is 0 Å². The molecule has 0 aliphatic heterocycles. The highest BCUT2D eigenvalue weighted by Gasteiger charge is 2.03. The third kappa shape index (κ3) is 5.84. The first-order valence-corrected chi connectivity index (χ1v) is 6.57. The molecule has 0 saturated heterocycles. The maximum Gasteiger partial charge on any atom is 0.251 e. The number of hydrogen-bond donors (Lipinski definition) is 1. The molecule has 0 aromatic heterocycles. The number of halogens is 1. The summed E-state index contributed by atoms with van der Waals surface area (Å²) in [6.45, 7) is 1.80. The van der Waals surface area contributed by atoms with Gasteiger partial charge in [-0.2, -0.15) is 0 Å². The minimum absolute atomic E-state index is 0.00218. The standard InChI is InChI=1S/C13H19BrN2O/c1-16(2)10-4-3-9-15-13(17)11-5-7-12(14)8-6-11/h5-8H,3-4,9-10H2,1-2H3,(H,15,17).